The van der Waals surface area contributed by atoms with Crippen LogP contribution in [0.15, 0.2) is 42.5 Å². The van der Waals surface area contributed by atoms with Gasteiger partial charge in [0.05, 0.1) is 19.6 Å². The lowest BCUT2D eigenvalue weighted by Gasteiger charge is -2.16. The van der Waals surface area contributed by atoms with Crippen LogP contribution in [0.3, 0.4) is 0 Å². The Morgan fingerprint density at radius 3 is 2.37 bits per heavy atom. The van der Waals surface area contributed by atoms with Crippen molar-refractivity contribution < 1.29 is 9.47 Å². The Morgan fingerprint density at radius 2 is 1.74 bits per heavy atom. The molecule has 2 nitrogen and oxygen atoms in total. The minimum atomic E-state index is -0.266. The maximum atomic E-state index is 6.61. The van der Waals surface area contributed by atoms with Gasteiger partial charge in [-0.2, -0.15) is 0 Å². The summed E-state index contributed by atoms with van der Waals surface area (Å²) < 4.78 is 11.8. The molecule has 2 aromatic carbocycles. The van der Waals surface area contributed by atoms with Crippen molar-refractivity contribution in [1.29, 1.82) is 0 Å². The van der Waals surface area contributed by atoms with Gasteiger partial charge in [0.15, 0.2) is 0 Å². The Hall–Kier alpha value is -0.940. The van der Waals surface area contributed by atoms with Crippen LogP contribution in [0.25, 0.3) is 0 Å². The number of ether oxygens (including phenoxy) is 2. The van der Waals surface area contributed by atoms with Crippen molar-refractivity contribution in [1.82, 2.24) is 0 Å². The fourth-order valence-corrected chi connectivity index (χ4v) is 3.13. The number of alkyl halides is 1. The van der Waals surface area contributed by atoms with Crippen molar-refractivity contribution in [2.75, 3.05) is 14.2 Å². The number of methoxy groups -OCH3 is 2. The highest BCUT2D eigenvalue weighted by atomic mass is 127. The summed E-state index contributed by atoms with van der Waals surface area (Å²) in [6, 6.07) is 13.7. The summed E-state index contributed by atoms with van der Waals surface area (Å²) in [5.41, 5.74) is 1.98. The van der Waals surface area contributed by atoms with Crippen molar-refractivity contribution in [3.8, 4) is 11.5 Å². The molecule has 0 saturated heterocycles. The second kappa shape index (κ2) is 6.48. The molecule has 0 N–H and O–H groups in total. The number of rotatable bonds is 4. The van der Waals surface area contributed by atoms with Gasteiger partial charge in [0.1, 0.15) is 11.5 Å². The molecule has 0 spiro atoms. The summed E-state index contributed by atoms with van der Waals surface area (Å²) in [4.78, 5) is 0. The Bertz CT molecular complexity index is 572. The van der Waals surface area contributed by atoms with Gasteiger partial charge in [-0.25, -0.2) is 0 Å². The van der Waals surface area contributed by atoms with Crippen molar-refractivity contribution in [2.24, 2.45) is 0 Å². The smallest absolute Gasteiger partial charge is 0.124 e. The normalized spacial score (nSPS) is 12.0. The van der Waals surface area contributed by atoms with Crippen molar-refractivity contribution in [2.45, 2.75) is 5.38 Å². The quantitative estimate of drug-likeness (QED) is 0.561. The van der Waals surface area contributed by atoms with Crippen LogP contribution < -0.4 is 9.47 Å². The highest BCUT2D eigenvalue weighted by Crippen LogP contribution is 2.38. The van der Waals surface area contributed by atoms with Gasteiger partial charge in [-0.1, -0.05) is 18.2 Å². The lowest BCUT2D eigenvalue weighted by atomic mass is 10.0. The molecule has 4 heteroatoms. The van der Waals surface area contributed by atoms with Crippen LogP contribution >= 0.6 is 34.2 Å². The van der Waals surface area contributed by atoms with Gasteiger partial charge in [-0.05, 0) is 52.4 Å². The molecule has 0 aliphatic heterocycles. The van der Waals surface area contributed by atoms with Crippen LogP contribution in [-0.2, 0) is 0 Å². The summed E-state index contributed by atoms with van der Waals surface area (Å²) in [6.07, 6.45) is 0. The number of hydrogen-bond donors (Lipinski definition) is 0. The second-order valence-corrected chi connectivity index (χ2v) is 5.59. The third-order valence-electron chi connectivity index (χ3n) is 2.89. The molecule has 0 aliphatic rings. The van der Waals surface area contributed by atoms with Crippen LogP contribution in [-0.4, -0.2) is 14.2 Å². The first-order valence-corrected chi connectivity index (χ1v) is 7.29. The molecule has 0 aromatic heterocycles. The lowest BCUT2D eigenvalue weighted by Crippen LogP contribution is -2.00. The molecule has 0 saturated carbocycles. The molecule has 100 valence electrons. The molecule has 1 atom stereocenters. The largest absolute Gasteiger partial charge is 0.497 e. The number of benzene rings is 2. The van der Waals surface area contributed by atoms with E-state index in [0.29, 0.717) is 0 Å². The minimum absolute atomic E-state index is 0.266. The van der Waals surface area contributed by atoms with Gasteiger partial charge < -0.3 is 9.47 Å². The molecule has 2 rings (SSSR count). The molecule has 0 aliphatic carbocycles. The van der Waals surface area contributed by atoms with Crippen molar-refractivity contribution in [3.63, 3.8) is 0 Å². The molecule has 0 heterocycles. The lowest BCUT2D eigenvalue weighted by molar-refractivity contribution is 0.399. The fraction of sp³-hybridized carbons (Fsp3) is 0.200. The van der Waals surface area contributed by atoms with Crippen LogP contribution in [0.2, 0.25) is 0 Å². The zero-order valence-corrected chi connectivity index (χ0v) is 13.6. The van der Waals surface area contributed by atoms with Gasteiger partial charge in [0, 0.05) is 9.13 Å². The van der Waals surface area contributed by atoms with E-state index in [1.165, 1.54) is 0 Å². The number of halogens is 2. The maximum absolute atomic E-state index is 6.61. The van der Waals surface area contributed by atoms with Gasteiger partial charge in [-0.3, -0.25) is 0 Å². The monoisotopic (exact) mass is 388 g/mol. The van der Waals surface area contributed by atoms with Gasteiger partial charge >= 0.3 is 0 Å². The third-order valence-corrected chi connectivity index (χ3v) is 4.34. The molecular formula is C15H14ClIO2. The molecule has 0 amide bonds. The summed E-state index contributed by atoms with van der Waals surface area (Å²) >= 11 is 8.90. The zero-order chi connectivity index (χ0) is 13.8. The van der Waals surface area contributed by atoms with E-state index in [2.05, 4.69) is 22.6 Å². The van der Waals surface area contributed by atoms with Crippen LogP contribution in [0.5, 0.6) is 11.5 Å². The van der Waals surface area contributed by atoms with Crippen LogP contribution in [0.1, 0.15) is 16.5 Å². The van der Waals surface area contributed by atoms with E-state index in [1.807, 2.05) is 42.5 Å². The van der Waals surface area contributed by atoms with E-state index in [-0.39, 0.29) is 5.38 Å². The Labute approximate surface area is 131 Å². The first-order chi connectivity index (χ1) is 9.17. The maximum Gasteiger partial charge on any atom is 0.124 e. The summed E-state index contributed by atoms with van der Waals surface area (Å²) in [6.45, 7) is 0. The molecule has 0 bridgehead atoms. The Balaban J connectivity index is 2.48. The zero-order valence-electron chi connectivity index (χ0n) is 10.7. The standard InChI is InChI=1S/C15H14ClIO2/c1-18-10-7-8-14(19-2)12(9-10)15(16)11-5-3-4-6-13(11)17/h3-9,15H,1-2H3. The van der Waals surface area contributed by atoms with Crippen LogP contribution in [0, 0.1) is 3.57 Å². The van der Waals surface area contributed by atoms with Crippen molar-refractivity contribution >= 4 is 34.2 Å². The minimum Gasteiger partial charge on any atom is -0.497 e. The average molecular weight is 389 g/mol. The Kier molecular flexibility index (Phi) is 4.93. The summed E-state index contributed by atoms with van der Waals surface area (Å²) in [5.74, 6) is 1.54. The predicted octanol–water partition coefficient (Wildman–Crippen LogP) is 4.64. The van der Waals surface area contributed by atoms with Gasteiger partial charge in [0.2, 0.25) is 0 Å². The van der Waals surface area contributed by atoms with E-state index in [1.54, 1.807) is 14.2 Å². The topological polar surface area (TPSA) is 18.5 Å². The SMILES string of the molecule is COc1ccc(OC)c(C(Cl)c2ccccc2I)c1. The highest BCUT2D eigenvalue weighted by Gasteiger charge is 2.18. The summed E-state index contributed by atoms with van der Waals surface area (Å²) in [5, 5.41) is -0.266. The molecule has 0 radical (unpaired) electrons. The van der Waals surface area contributed by atoms with E-state index in [9.17, 15) is 0 Å². The van der Waals surface area contributed by atoms with Gasteiger partial charge in [-0.15, -0.1) is 11.6 Å². The van der Waals surface area contributed by atoms with E-state index in [0.717, 1.165) is 26.2 Å². The summed E-state index contributed by atoms with van der Waals surface area (Å²) in [7, 11) is 3.28. The van der Waals surface area contributed by atoms with E-state index < -0.39 is 0 Å². The fourth-order valence-electron chi connectivity index (χ4n) is 1.89. The molecule has 1 unspecified atom stereocenters. The first kappa shape index (κ1) is 14.5. The molecular weight excluding hydrogens is 375 g/mol. The highest BCUT2D eigenvalue weighted by molar-refractivity contribution is 14.1. The van der Waals surface area contributed by atoms with Crippen molar-refractivity contribution in [3.05, 3.63) is 57.2 Å². The molecule has 19 heavy (non-hydrogen) atoms. The average Bonchev–Trinajstić information content (AvgIpc) is 2.46. The second-order valence-electron chi connectivity index (χ2n) is 3.99. The predicted molar refractivity (Wildman–Crippen MR) is 86.4 cm³/mol. The third kappa shape index (κ3) is 3.15. The molecule has 0 fully saturated rings. The van der Waals surface area contributed by atoms with Gasteiger partial charge in [0.25, 0.3) is 0 Å². The van der Waals surface area contributed by atoms with E-state index in [4.69, 9.17) is 21.1 Å². The van der Waals surface area contributed by atoms with E-state index >= 15 is 0 Å². The first-order valence-electron chi connectivity index (χ1n) is 5.77. The van der Waals surface area contributed by atoms with Crippen LogP contribution in [0.4, 0.5) is 0 Å². The number of hydrogen-bond acceptors (Lipinski definition) is 2. The Morgan fingerprint density at radius 1 is 1.00 bits per heavy atom. The molecule has 2 aromatic rings.